The van der Waals surface area contributed by atoms with Crippen LogP contribution < -0.4 is 0 Å². The Labute approximate surface area is 96.1 Å². The minimum Gasteiger partial charge on any atom is -0.276 e. The summed E-state index contributed by atoms with van der Waals surface area (Å²) in [6.07, 6.45) is 1.94. The first-order valence-electron chi connectivity index (χ1n) is 4.93. The summed E-state index contributed by atoms with van der Waals surface area (Å²) in [6, 6.07) is 0. The number of halogens is 1. The van der Waals surface area contributed by atoms with E-state index >= 15 is 0 Å². The van der Waals surface area contributed by atoms with Crippen LogP contribution in [0.1, 0.15) is 33.6 Å². The Bertz CT molecular complexity index is 261. The molecule has 0 heterocycles. The minimum absolute atomic E-state index is 0.159. The lowest BCUT2D eigenvalue weighted by atomic mass is 10.0. The molecule has 0 atom stereocenters. The van der Waals surface area contributed by atoms with Crippen LogP contribution in [0.3, 0.4) is 0 Å². The Balaban J connectivity index is 4.96. The molecule has 0 aromatic carbocycles. The molecule has 4 heteroatoms. The monoisotopic (exact) mass is 231 g/mol. The van der Waals surface area contributed by atoms with Gasteiger partial charge < -0.3 is 0 Å². The van der Waals surface area contributed by atoms with Gasteiger partial charge in [-0.15, -0.1) is 18.2 Å². The highest BCUT2D eigenvalue weighted by Gasteiger charge is 2.33. The maximum atomic E-state index is 11.7. The Kier molecular flexibility index (Phi) is 5.58. The van der Waals surface area contributed by atoms with Crippen LogP contribution in [0, 0.1) is 0 Å². The van der Waals surface area contributed by atoms with E-state index in [0.29, 0.717) is 6.42 Å². The summed E-state index contributed by atoms with van der Waals surface area (Å²) in [4.78, 5) is 24.6. The molecule has 2 amide bonds. The van der Waals surface area contributed by atoms with Gasteiger partial charge in [-0.1, -0.05) is 13.0 Å². The predicted molar refractivity (Wildman–Crippen MR) is 61.8 cm³/mol. The second-order valence-corrected chi connectivity index (χ2v) is 4.18. The molecule has 0 aliphatic carbocycles. The van der Waals surface area contributed by atoms with Gasteiger partial charge in [0.15, 0.2) is 0 Å². The van der Waals surface area contributed by atoms with Crippen molar-refractivity contribution in [2.45, 2.75) is 39.2 Å². The number of rotatable bonds is 5. The fraction of sp³-hybridized carbons (Fsp3) is 0.636. The number of amides is 2. The quantitative estimate of drug-likeness (QED) is 0.538. The third-order valence-corrected chi connectivity index (χ3v) is 2.71. The van der Waals surface area contributed by atoms with Gasteiger partial charge in [-0.3, -0.25) is 14.5 Å². The SMILES string of the molecule is C=CCC(=O)N(C(=O)CC)C(C)(C)CCl. The van der Waals surface area contributed by atoms with E-state index in [0.717, 1.165) is 0 Å². The first-order chi connectivity index (χ1) is 6.90. The molecule has 0 saturated carbocycles. The summed E-state index contributed by atoms with van der Waals surface area (Å²) < 4.78 is 0. The van der Waals surface area contributed by atoms with Gasteiger partial charge in [-0.05, 0) is 13.8 Å². The lowest BCUT2D eigenvalue weighted by molar-refractivity contribution is -0.149. The van der Waals surface area contributed by atoms with Crippen LogP contribution in [0.4, 0.5) is 0 Å². The molecule has 0 rings (SSSR count). The molecule has 0 unspecified atom stereocenters. The first kappa shape index (κ1) is 14.2. The van der Waals surface area contributed by atoms with Crippen molar-refractivity contribution < 1.29 is 9.59 Å². The van der Waals surface area contributed by atoms with E-state index in [1.54, 1.807) is 20.8 Å². The smallest absolute Gasteiger partial charge is 0.233 e. The summed E-state index contributed by atoms with van der Waals surface area (Å²) in [5.41, 5.74) is -0.644. The zero-order valence-electron chi connectivity index (χ0n) is 9.55. The van der Waals surface area contributed by atoms with Crippen molar-refractivity contribution in [1.82, 2.24) is 4.90 Å². The summed E-state index contributed by atoms with van der Waals surface area (Å²) in [6.45, 7) is 8.75. The summed E-state index contributed by atoms with van der Waals surface area (Å²) in [7, 11) is 0. The normalized spacial score (nSPS) is 10.9. The Morgan fingerprint density at radius 2 is 1.93 bits per heavy atom. The average molecular weight is 232 g/mol. The zero-order chi connectivity index (χ0) is 12.1. The van der Waals surface area contributed by atoms with Crippen molar-refractivity contribution in [2.75, 3.05) is 5.88 Å². The highest BCUT2D eigenvalue weighted by atomic mass is 35.5. The van der Waals surface area contributed by atoms with E-state index in [2.05, 4.69) is 6.58 Å². The molecule has 0 saturated heterocycles. The van der Waals surface area contributed by atoms with Gasteiger partial charge in [0.1, 0.15) is 0 Å². The molecule has 0 aromatic heterocycles. The van der Waals surface area contributed by atoms with Crippen molar-refractivity contribution in [2.24, 2.45) is 0 Å². The average Bonchev–Trinajstić information content (AvgIpc) is 2.17. The van der Waals surface area contributed by atoms with Gasteiger partial charge >= 0.3 is 0 Å². The Hall–Kier alpha value is -0.830. The number of hydrogen-bond acceptors (Lipinski definition) is 2. The van der Waals surface area contributed by atoms with Crippen molar-refractivity contribution in [3.8, 4) is 0 Å². The van der Waals surface area contributed by atoms with Gasteiger partial charge in [0, 0.05) is 18.7 Å². The number of carbonyl (C=O) groups excluding carboxylic acids is 2. The van der Waals surface area contributed by atoms with Crippen molar-refractivity contribution in [1.29, 1.82) is 0 Å². The summed E-state index contributed by atoms with van der Waals surface area (Å²) >= 11 is 5.76. The highest BCUT2D eigenvalue weighted by Crippen LogP contribution is 2.19. The standard InChI is InChI=1S/C11H18ClNO2/c1-5-7-10(15)13(9(14)6-2)11(3,4)8-12/h5H,1,6-8H2,2-4H3. The predicted octanol–water partition coefficient (Wildman–Crippen LogP) is 2.35. The Morgan fingerprint density at radius 1 is 1.40 bits per heavy atom. The van der Waals surface area contributed by atoms with Crippen molar-refractivity contribution in [3.05, 3.63) is 12.7 Å². The van der Waals surface area contributed by atoms with Crippen LogP contribution >= 0.6 is 11.6 Å². The van der Waals surface area contributed by atoms with Gasteiger partial charge in [0.05, 0.1) is 5.54 Å². The van der Waals surface area contributed by atoms with E-state index in [1.165, 1.54) is 11.0 Å². The lowest BCUT2D eigenvalue weighted by Crippen LogP contribution is -2.52. The van der Waals surface area contributed by atoms with Crippen molar-refractivity contribution >= 4 is 23.4 Å². The van der Waals surface area contributed by atoms with Crippen LogP contribution in [0.2, 0.25) is 0 Å². The number of imide groups is 1. The third kappa shape index (κ3) is 3.67. The lowest BCUT2D eigenvalue weighted by Gasteiger charge is -2.35. The van der Waals surface area contributed by atoms with E-state index in [4.69, 9.17) is 11.6 Å². The van der Waals surface area contributed by atoms with Crippen LogP contribution in [0.5, 0.6) is 0 Å². The molecule has 86 valence electrons. The molecule has 0 fully saturated rings. The fourth-order valence-electron chi connectivity index (χ4n) is 1.25. The van der Waals surface area contributed by atoms with E-state index in [9.17, 15) is 9.59 Å². The zero-order valence-corrected chi connectivity index (χ0v) is 10.3. The molecule has 0 aromatic rings. The molecule has 0 spiro atoms. The molecule has 0 N–H and O–H groups in total. The van der Waals surface area contributed by atoms with E-state index in [-0.39, 0.29) is 24.1 Å². The number of hydrogen-bond donors (Lipinski definition) is 0. The summed E-state index contributed by atoms with van der Waals surface area (Å²) in [5.74, 6) is -0.225. The largest absolute Gasteiger partial charge is 0.276 e. The second-order valence-electron chi connectivity index (χ2n) is 3.92. The maximum Gasteiger partial charge on any atom is 0.233 e. The maximum absolute atomic E-state index is 11.7. The minimum atomic E-state index is -0.644. The van der Waals surface area contributed by atoms with E-state index in [1.807, 2.05) is 0 Å². The summed E-state index contributed by atoms with van der Waals surface area (Å²) in [5, 5.41) is 0. The van der Waals surface area contributed by atoms with Crippen LogP contribution in [-0.4, -0.2) is 28.1 Å². The van der Waals surface area contributed by atoms with Gasteiger partial charge in [-0.25, -0.2) is 0 Å². The highest BCUT2D eigenvalue weighted by molar-refractivity contribution is 6.19. The number of alkyl halides is 1. The third-order valence-electron chi connectivity index (χ3n) is 2.05. The number of nitrogens with zero attached hydrogens (tertiary/aromatic N) is 1. The van der Waals surface area contributed by atoms with Gasteiger partial charge in [0.2, 0.25) is 11.8 Å². The van der Waals surface area contributed by atoms with Crippen LogP contribution in [0.15, 0.2) is 12.7 Å². The molecule has 0 bridgehead atoms. The first-order valence-corrected chi connectivity index (χ1v) is 5.47. The Morgan fingerprint density at radius 3 is 2.27 bits per heavy atom. The molecular weight excluding hydrogens is 214 g/mol. The topological polar surface area (TPSA) is 37.4 Å². The second kappa shape index (κ2) is 5.91. The van der Waals surface area contributed by atoms with Crippen molar-refractivity contribution in [3.63, 3.8) is 0 Å². The van der Waals surface area contributed by atoms with Gasteiger partial charge in [0.25, 0.3) is 0 Å². The van der Waals surface area contributed by atoms with E-state index < -0.39 is 5.54 Å². The molecule has 0 radical (unpaired) electrons. The van der Waals surface area contributed by atoms with Crippen LogP contribution in [-0.2, 0) is 9.59 Å². The molecule has 15 heavy (non-hydrogen) atoms. The molecule has 3 nitrogen and oxygen atoms in total. The molecule has 0 aliphatic heterocycles. The fourth-order valence-corrected chi connectivity index (χ4v) is 1.37. The molecular formula is C11H18ClNO2. The van der Waals surface area contributed by atoms with Gasteiger partial charge in [-0.2, -0.15) is 0 Å². The number of carbonyl (C=O) groups is 2. The van der Waals surface area contributed by atoms with Crippen LogP contribution in [0.25, 0.3) is 0 Å². The molecule has 0 aliphatic rings.